The van der Waals surface area contributed by atoms with Gasteiger partial charge in [-0.2, -0.15) is 0 Å². The number of hydrogen-bond acceptors (Lipinski definition) is 7. The second-order valence-corrected chi connectivity index (χ2v) is 4.96. The Morgan fingerprint density at radius 1 is 1.14 bits per heavy atom. The maximum Gasteiger partial charge on any atom is 0.354 e. The summed E-state index contributed by atoms with van der Waals surface area (Å²) in [5.74, 6) is -0.401. The van der Waals surface area contributed by atoms with Gasteiger partial charge in [0.05, 0.1) is 20.7 Å². The Morgan fingerprint density at radius 3 is 2.33 bits per heavy atom. The molecular weight excluding hydrogens is 343 g/mol. The molecule has 0 saturated heterocycles. The molecule has 1 heterocycles. The Morgan fingerprint density at radius 2 is 1.76 bits per heavy atom. The van der Waals surface area contributed by atoms with Gasteiger partial charge in [0.2, 0.25) is 11.6 Å². The molecule has 0 unspecified atom stereocenters. The topological polar surface area (TPSA) is 119 Å². The van der Waals surface area contributed by atoms with E-state index in [1.807, 2.05) is 0 Å². The molecule has 0 saturated carbocycles. The number of nitrogens with zero attached hydrogens (tertiary/aromatic N) is 3. The lowest BCUT2D eigenvalue weighted by atomic mass is 10.3. The first-order valence-electron chi connectivity index (χ1n) is 5.31. The SMILES string of the molecule is Nc1ncnc(NNc2c(Cl)cc(Cl)cc2Cl)c1[N+](=O)[O-]. The molecule has 2 aromatic rings. The quantitative estimate of drug-likeness (QED) is 0.572. The summed E-state index contributed by atoms with van der Waals surface area (Å²) in [5, 5.41) is 11.7. The van der Waals surface area contributed by atoms with E-state index in [-0.39, 0.29) is 27.4 Å². The van der Waals surface area contributed by atoms with Crippen LogP contribution in [0.15, 0.2) is 18.5 Å². The summed E-state index contributed by atoms with van der Waals surface area (Å²) in [6.07, 6.45) is 1.08. The summed E-state index contributed by atoms with van der Waals surface area (Å²) >= 11 is 17.7. The molecule has 0 amide bonds. The molecular formula is C10H7Cl3N6O2. The van der Waals surface area contributed by atoms with Gasteiger partial charge in [0, 0.05) is 5.02 Å². The third-order valence-corrected chi connectivity index (χ3v) is 3.16. The van der Waals surface area contributed by atoms with Gasteiger partial charge in [0.15, 0.2) is 0 Å². The monoisotopic (exact) mass is 348 g/mol. The van der Waals surface area contributed by atoms with Gasteiger partial charge < -0.3 is 5.73 Å². The summed E-state index contributed by atoms with van der Waals surface area (Å²) < 4.78 is 0. The van der Waals surface area contributed by atoms with E-state index in [0.29, 0.717) is 5.02 Å². The Hall–Kier alpha value is -2.03. The molecule has 0 atom stereocenters. The van der Waals surface area contributed by atoms with Gasteiger partial charge in [0.25, 0.3) is 0 Å². The highest BCUT2D eigenvalue weighted by Gasteiger charge is 2.21. The van der Waals surface area contributed by atoms with Crippen LogP contribution in [-0.2, 0) is 0 Å². The number of aromatic nitrogens is 2. The van der Waals surface area contributed by atoms with Gasteiger partial charge in [-0.1, -0.05) is 34.8 Å². The van der Waals surface area contributed by atoms with E-state index in [1.54, 1.807) is 0 Å². The summed E-state index contributed by atoms with van der Waals surface area (Å²) in [4.78, 5) is 17.5. The number of halogens is 3. The van der Waals surface area contributed by atoms with Crippen molar-refractivity contribution < 1.29 is 4.92 Å². The first kappa shape index (κ1) is 15.4. The fraction of sp³-hybridized carbons (Fsp3) is 0. The van der Waals surface area contributed by atoms with Crippen LogP contribution in [0.25, 0.3) is 0 Å². The molecule has 0 radical (unpaired) electrons. The lowest BCUT2D eigenvalue weighted by Crippen LogP contribution is -2.14. The Balaban J connectivity index is 2.29. The number of anilines is 3. The number of nitrogens with two attached hydrogens (primary N) is 1. The molecule has 0 spiro atoms. The average Bonchev–Trinajstić information content (AvgIpc) is 2.36. The van der Waals surface area contributed by atoms with E-state index in [9.17, 15) is 10.1 Å². The lowest BCUT2D eigenvalue weighted by Gasteiger charge is -2.12. The fourth-order valence-corrected chi connectivity index (χ4v) is 2.36. The molecule has 0 aliphatic carbocycles. The van der Waals surface area contributed by atoms with Crippen LogP contribution in [0.5, 0.6) is 0 Å². The molecule has 4 N–H and O–H groups in total. The van der Waals surface area contributed by atoms with Gasteiger partial charge in [-0.15, -0.1) is 0 Å². The van der Waals surface area contributed by atoms with E-state index in [2.05, 4.69) is 20.8 Å². The number of nitrogens with one attached hydrogen (secondary N) is 2. The summed E-state index contributed by atoms with van der Waals surface area (Å²) in [6, 6.07) is 2.92. The molecule has 0 aliphatic heterocycles. The molecule has 0 bridgehead atoms. The normalized spacial score (nSPS) is 10.2. The third kappa shape index (κ3) is 3.35. The van der Waals surface area contributed by atoms with Crippen molar-refractivity contribution in [1.82, 2.24) is 9.97 Å². The van der Waals surface area contributed by atoms with Crippen LogP contribution in [0.1, 0.15) is 0 Å². The van der Waals surface area contributed by atoms with Crippen LogP contribution in [-0.4, -0.2) is 14.9 Å². The highest BCUT2D eigenvalue weighted by molar-refractivity contribution is 6.41. The van der Waals surface area contributed by atoms with Crippen molar-refractivity contribution >= 4 is 57.8 Å². The predicted octanol–water partition coefficient (Wildman–Crippen LogP) is 3.37. The van der Waals surface area contributed by atoms with Crippen LogP contribution < -0.4 is 16.6 Å². The first-order chi connectivity index (χ1) is 9.90. The third-order valence-electron chi connectivity index (χ3n) is 2.35. The van der Waals surface area contributed by atoms with Gasteiger partial charge in [-0.3, -0.25) is 21.0 Å². The minimum atomic E-state index is -0.704. The second kappa shape index (κ2) is 6.17. The second-order valence-electron chi connectivity index (χ2n) is 3.71. The molecule has 110 valence electrons. The highest BCUT2D eigenvalue weighted by Crippen LogP contribution is 2.34. The van der Waals surface area contributed by atoms with Crippen molar-refractivity contribution in [3.05, 3.63) is 43.6 Å². The van der Waals surface area contributed by atoms with Crippen molar-refractivity contribution in [2.45, 2.75) is 0 Å². The number of rotatable bonds is 4. The fourth-order valence-electron chi connectivity index (χ4n) is 1.45. The number of nitro groups is 1. The van der Waals surface area contributed by atoms with Crippen molar-refractivity contribution in [3.63, 3.8) is 0 Å². The van der Waals surface area contributed by atoms with Gasteiger partial charge in [-0.05, 0) is 12.1 Å². The number of hydrazine groups is 1. The Labute approximate surface area is 133 Å². The maximum atomic E-state index is 10.9. The van der Waals surface area contributed by atoms with Crippen LogP contribution in [0.3, 0.4) is 0 Å². The van der Waals surface area contributed by atoms with Crippen LogP contribution in [0.4, 0.5) is 23.0 Å². The first-order valence-corrected chi connectivity index (χ1v) is 6.45. The zero-order valence-electron chi connectivity index (χ0n) is 10.1. The van der Waals surface area contributed by atoms with E-state index >= 15 is 0 Å². The molecule has 2 rings (SSSR count). The number of nitrogen functional groups attached to an aromatic ring is 1. The van der Waals surface area contributed by atoms with Crippen molar-refractivity contribution in [3.8, 4) is 0 Å². The lowest BCUT2D eigenvalue weighted by molar-refractivity contribution is -0.383. The summed E-state index contributed by atoms with van der Waals surface area (Å²) in [7, 11) is 0. The highest BCUT2D eigenvalue weighted by atomic mass is 35.5. The zero-order valence-corrected chi connectivity index (χ0v) is 12.4. The molecule has 0 aliphatic rings. The number of benzene rings is 1. The van der Waals surface area contributed by atoms with E-state index in [0.717, 1.165) is 6.33 Å². The molecule has 1 aromatic carbocycles. The van der Waals surface area contributed by atoms with Gasteiger partial charge in [0.1, 0.15) is 6.33 Å². The molecule has 0 fully saturated rings. The van der Waals surface area contributed by atoms with Crippen molar-refractivity contribution in [2.75, 3.05) is 16.6 Å². The summed E-state index contributed by atoms with van der Waals surface area (Å²) in [6.45, 7) is 0. The largest absolute Gasteiger partial charge is 0.378 e. The standard InChI is InChI=1S/C10H7Cl3N6O2/c11-4-1-5(12)7(6(13)2-4)17-18-10-8(19(20)21)9(14)15-3-16-10/h1-3,17H,(H3,14,15,16,18). The smallest absolute Gasteiger partial charge is 0.354 e. The van der Waals surface area contributed by atoms with E-state index in [4.69, 9.17) is 40.5 Å². The zero-order chi connectivity index (χ0) is 15.6. The minimum absolute atomic E-state index is 0.130. The minimum Gasteiger partial charge on any atom is -0.378 e. The van der Waals surface area contributed by atoms with Gasteiger partial charge in [-0.25, -0.2) is 9.97 Å². The van der Waals surface area contributed by atoms with Crippen molar-refractivity contribution in [2.24, 2.45) is 0 Å². The molecule has 1 aromatic heterocycles. The maximum absolute atomic E-state index is 10.9. The summed E-state index contributed by atoms with van der Waals surface area (Å²) in [5.41, 5.74) is 10.4. The average molecular weight is 350 g/mol. The van der Waals surface area contributed by atoms with Crippen molar-refractivity contribution in [1.29, 1.82) is 0 Å². The molecule has 21 heavy (non-hydrogen) atoms. The van der Waals surface area contributed by atoms with E-state index in [1.165, 1.54) is 12.1 Å². The van der Waals surface area contributed by atoms with E-state index < -0.39 is 10.6 Å². The van der Waals surface area contributed by atoms with Crippen LogP contribution in [0, 0.1) is 10.1 Å². The Kier molecular flexibility index (Phi) is 4.51. The predicted molar refractivity (Wildman–Crippen MR) is 81.8 cm³/mol. The Bertz CT molecular complexity index is 688. The molecule has 11 heteroatoms. The number of hydrogen-bond donors (Lipinski definition) is 3. The van der Waals surface area contributed by atoms with Gasteiger partial charge >= 0.3 is 5.69 Å². The molecule has 8 nitrogen and oxygen atoms in total. The van der Waals surface area contributed by atoms with Crippen LogP contribution in [0.2, 0.25) is 15.1 Å². The van der Waals surface area contributed by atoms with Crippen LogP contribution >= 0.6 is 34.8 Å².